The van der Waals surface area contributed by atoms with Gasteiger partial charge in [0.05, 0.1) is 12.2 Å². The van der Waals surface area contributed by atoms with Gasteiger partial charge < -0.3 is 15.0 Å². The van der Waals surface area contributed by atoms with Crippen molar-refractivity contribution in [2.45, 2.75) is 39.3 Å². The van der Waals surface area contributed by atoms with E-state index in [2.05, 4.69) is 21.2 Å². The van der Waals surface area contributed by atoms with Crippen LogP contribution in [0.4, 0.5) is 5.69 Å². The van der Waals surface area contributed by atoms with Crippen LogP contribution < -0.4 is 15.0 Å². The van der Waals surface area contributed by atoms with E-state index in [0.29, 0.717) is 18.8 Å². The fourth-order valence-corrected chi connectivity index (χ4v) is 3.49. The number of ether oxygens (including phenoxy) is 1. The van der Waals surface area contributed by atoms with Gasteiger partial charge in [-0.15, -0.1) is 0 Å². The summed E-state index contributed by atoms with van der Waals surface area (Å²) in [4.78, 5) is 26.6. The van der Waals surface area contributed by atoms with E-state index in [4.69, 9.17) is 4.74 Å². The summed E-state index contributed by atoms with van der Waals surface area (Å²) in [5, 5.41) is 2.87. The molecule has 0 fully saturated rings. The van der Waals surface area contributed by atoms with Gasteiger partial charge in [0, 0.05) is 23.9 Å². The van der Waals surface area contributed by atoms with Crippen molar-refractivity contribution in [3.63, 3.8) is 0 Å². The lowest BCUT2D eigenvalue weighted by Gasteiger charge is -2.33. The van der Waals surface area contributed by atoms with Crippen molar-refractivity contribution in [1.82, 2.24) is 5.32 Å². The maximum absolute atomic E-state index is 12.7. The van der Waals surface area contributed by atoms with E-state index in [9.17, 15) is 9.59 Å². The minimum Gasteiger partial charge on any atom is -0.487 e. The van der Waals surface area contributed by atoms with Crippen LogP contribution in [0.15, 0.2) is 46.9 Å². The smallest absolute Gasteiger partial charge is 0.227 e. The Hall–Kier alpha value is -2.34. The number of hydrogen-bond acceptors (Lipinski definition) is 3. The number of amides is 2. The third-order valence-electron chi connectivity index (χ3n) is 4.47. The Labute approximate surface area is 167 Å². The minimum absolute atomic E-state index is 0.0620. The van der Waals surface area contributed by atoms with Crippen molar-refractivity contribution in [1.29, 1.82) is 0 Å². The Kier molecular flexibility index (Phi) is 6.16. The molecule has 5 nitrogen and oxygen atoms in total. The van der Waals surface area contributed by atoms with Crippen molar-refractivity contribution in [2.75, 3.05) is 11.4 Å². The number of aryl methyl sites for hydroxylation is 1. The first-order valence-corrected chi connectivity index (χ1v) is 9.81. The van der Waals surface area contributed by atoms with Crippen LogP contribution in [-0.2, 0) is 16.1 Å². The number of nitrogens with one attached hydrogen (secondary N) is 1. The summed E-state index contributed by atoms with van der Waals surface area (Å²) >= 11 is 3.46. The number of anilines is 1. The Morgan fingerprint density at radius 3 is 2.78 bits per heavy atom. The van der Waals surface area contributed by atoms with E-state index >= 15 is 0 Å². The van der Waals surface area contributed by atoms with E-state index in [1.165, 1.54) is 0 Å². The summed E-state index contributed by atoms with van der Waals surface area (Å²) in [6.45, 7) is 4.85. The van der Waals surface area contributed by atoms with Gasteiger partial charge in [-0.25, -0.2) is 0 Å². The van der Waals surface area contributed by atoms with Crippen molar-refractivity contribution in [3.8, 4) is 5.75 Å². The number of carbonyl (C=O) groups excluding carboxylic acids is 2. The molecule has 0 aromatic heterocycles. The van der Waals surface area contributed by atoms with Crippen LogP contribution >= 0.6 is 15.9 Å². The Bertz CT molecular complexity index is 853. The molecular formula is C21H23BrN2O3. The average molecular weight is 431 g/mol. The van der Waals surface area contributed by atoms with E-state index in [1.807, 2.05) is 56.3 Å². The Balaban J connectivity index is 1.57. The van der Waals surface area contributed by atoms with Crippen molar-refractivity contribution < 1.29 is 14.3 Å². The molecule has 1 aliphatic heterocycles. The predicted octanol–water partition coefficient (Wildman–Crippen LogP) is 3.97. The van der Waals surface area contributed by atoms with E-state index in [-0.39, 0.29) is 30.8 Å². The van der Waals surface area contributed by atoms with Gasteiger partial charge in [-0.1, -0.05) is 40.2 Å². The molecule has 1 atom stereocenters. The standard InChI is InChI=1S/C21H23BrN2O3/c1-14-7-8-19-18(11-14)24(13-15(2)27-19)21(26)10-9-20(25)23-12-16-5-3-4-6-17(16)22/h3-8,11,15H,9-10,12-13H2,1-2H3,(H,23,25)/t15-/m1/s1. The molecule has 0 saturated heterocycles. The van der Waals surface area contributed by atoms with Crippen molar-refractivity contribution >= 4 is 33.4 Å². The second kappa shape index (κ2) is 8.57. The van der Waals surface area contributed by atoms with Crippen LogP contribution in [0.5, 0.6) is 5.75 Å². The number of fused-ring (bicyclic) bond motifs is 1. The molecule has 6 heteroatoms. The van der Waals surface area contributed by atoms with Gasteiger partial charge in [-0.05, 0) is 43.2 Å². The molecule has 0 spiro atoms. The molecule has 0 unspecified atom stereocenters. The third kappa shape index (κ3) is 4.89. The monoisotopic (exact) mass is 430 g/mol. The largest absolute Gasteiger partial charge is 0.487 e. The van der Waals surface area contributed by atoms with Crippen LogP contribution in [0.2, 0.25) is 0 Å². The maximum atomic E-state index is 12.7. The van der Waals surface area contributed by atoms with Crippen LogP contribution in [-0.4, -0.2) is 24.5 Å². The first kappa shape index (κ1) is 19.4. The molecule has 1 N–H and O–H groups in total. The van der Waals surface area contributed by atoms with Crippen LogP contribution in [0.1, 0.15) is 30.9 Å². The van der Waals surface area contributed by atoms with Crippen molar-refractivity contribution in [3.05, 3.63) is 58.1 Å². The number of hydrogen-bond donors (Lipinski definition) is 1. The molecule has 0 aliphatic carbocycles. The van der Waals surface area contributed by atoms with Crippen LogP contribution in [0, 0.1) is 6.92 Å². The minimum atomic E-state index is -0.134. The number of benzene rings is 2. The summed E-state index contributed by atoms with van der Waals surface area (Å²) in [6, 6.07) is 13.5. The Morgan fingerprint density at radius 1 is 1.22 bits per heavy atom. The lowest BCUT2D eigenvalue weighted by molar-refractivity contribution is -0.125. The molecule has 0 saturated carbocycles. The van der Waals surface area contributed by atoms with Gasteiger partial charge in [-0.2, -0.15) is 0 Å². The van der Waals surface area contributed by atoms with E-state index in [1.54, 1.807) is 4.90 Å². The Morgan fingerprint density at radius 2 is 2.00 bits per heavy atom. The van der Waals surface area contributed by atoms with Gasteiger partial charge >= 0.3 is 0 Å². The summed E-state index contributed by atoms with van der Waals surface area (Å²) < 4.78 is 6.77. The SMILES string of the molecule is Cc1ccc2c(c1)N(C(=O)CCC(=O)NCc1ccccc1Br)C[C@@H](C)O2. The summed E-state index contributed by atoms with van der Waals surface area (Å²) in [5.41, 5.74) is 2.85. The van der Waals surface area contributed by atoms with Gasteiger partial charge in [0.15, 0.2) is 0 Å². The molecule has 2 aromatic carbocycles. The summed E-state index contributed by atoms with van der Waals surface area (Å²) in [6.07, 6.45) is 0.256. The molecule has 0 radical (unpaired) electrons. The number of rotatable bonds is 5. The van der Waals surface area contributed by atoms with Crippen LogP contribution in [0.25, 0.3) is 0 Å². The fourth-order valence-electron chi connectivity index (χ4n) is 3.06. The van der Waals surface area contributed by atoms with Gasteiger partial charge in [-0.3, -0.25) is 9.59 Å². The van der Waals surface area contributed by atoms with Gasteiger partial charge in [0.1, 0.15) is 11.9 Å². The first-order chi connectivity index (χ1) is 12.9. The third-order valence-corrected chi connectivity index (χ3v) is 5.25. The highest BCUT2D eigenvalue weighted by atomic mass is 79.9. The van der Waals surface area contributed by atoms with Gasteiger partial charge in [0.2, 0.25) is 11.8 Å². The highest BCUT2D eigenvalue weighted by Crippen LogP contribution is 2.34. The molecule has 1 aliphatic rings. The highest BCUT2D eigenvalue weighted by molar-refractivity contribution is 9.10. The van der Waals surface area contributed by atoms with Crippen molar-refractivity contribution in [2.24, 2.45) is 0 Å². The highest BCUT2D eigenvalue weighted by Gasteiger charge is 2.27. The zero-order valence-electron chi connectivity index (χ0n) is 15.5. The van der Waals surface area contributed by atoms with Crippen LogP contribution in [0.3, 0.4) is 0 Å². The zero-order chi connectivity index (χ0) is 19.4. The normalized spacial score (nSPS) is 15.7. The topological polar surface area (TPSA) is 58.6 Å². The molecule has 0 bridgehead atoms. The fraction of sp³-hybridized carbons (Fsp3) is 0.333. The molecule has 142 valence electrons. The second-order valence-corrected chi connectivity index (χ2v) is 7.63. The van der Waals surface area contributed by atoms with E-state index in [0.717, 1.165) is 21.3 Å². The molecule has 27 heavy (non-hydrogen) atoms. The molecule has 3 rings (SSSR count). The number of carbonyl (C=O) groups is 2. The second-order valence-electron chi connectivity index (χ2n) is 6.77. The first-order valence-electron chi connectivity index (χ1n) is 9.02. The molecule has 1 heterocycles. The number of nitrogens with zero attached hydrogens (tertiary/aromatic N) is 1. The molecule has 2 amide bonds. The predicted molar refractivity (Wildman–Crippen MR) is 109 cm³/mol. The zero-order valence-corrected chi connectivity index (χ0v) is 17.1. The average Bonchev–Trinajstić information content (AvgIpc) is 2.65. The lowest BCUT2D eigenvalue weighted by atomic mass is 10.1. The number of halogens is 1. The maximum Gasteiger partial charge on any atom is 0.227 e. The summed E-state index contributed by atoms with van der Waals surface area (Å²) in [5.74, 6) is 0.518. The molecular weight excluding hydrogens is 408 g/mol. The van der Waals surface area contributed by atoms with E-state index < -0.39 is 0 Å². The lowest BCUT2D eigenvalue weighted by Crippen LogP contribution is -2.42. The summed E-state index contributed by atoms with van der Waals surface area (Å²) in [7, 11) is 0. The quantitative estimate of drug-likeness (QED) is 0.780. The van der Waals surface area contributed by atoms with Gasteiger partial charge in [0.25, 0.3) is 0 Å². The molecule has 2 aromatic rings.